The van der Waals surface area contributed by atoms with Gasteiger partial charge in [-0.1, -0.05) is 0 Å². The number of nitrogens with zero attached hydrogens (tertiary/aromatic N) is 2. The van der Waals surface area contributed by atoms with Gasteiger partial charge in [0.05, 0.1) is 17.6 Å². The molecule has 5 nitrogen and oxygen atoms in total. The summed E-state index contributed by atoms with van der Waals surface area (Å²) in [7, 11) is 1.76. The minimum atomic E-state index is -0.304. The van der Waals surface area contributed by atoms with Crippen molar-refractivity contribution in [1.82, 2.24) is 14.9 Å². The zero-order valence-corrected chi connectivity index (χ0v) is 12.0. The van der Waals surface area contributed by atoms with Gasteiger partial charge in [0.2, 0.25) is 5.91 Å². The Morgan fingerprint density at radius 3 is 3.05 bits per heavy atom. The van der Waals surface area contributed by atoms with Crippen molar-refractivity contribution in [3.63, 3.8) is 0 Å². The second-order valence-electron chi connectivity index (χ2n) is 5.81. The lowest BCUT2D eigenvalue weighted by Gasteiger charge is -2.19. The van der Waals surface area contributed by atoms with E-state index in [-0.39, 0.29) is 23.7 Å². The Hall–Kier alpha value is -1.95. The molecule has 2 atom stereocenters. The summed E-state index contributed by atoms with van der Waals surface area (Å²) in [5.74, 6) is 0.484. The van der Waals surface area contributed by atoms with E-state index in [1.807, 2.05) is 0 Å². The van der Waals surface area contributed by atoms with Crippen LogP contribution in [0.4, 0.5) is 4.39 Å². The number of halogens is 1. The highest BCUT2D eigenvalue weighted by Crippen LogP contribution is 2.26. The first kappa shape index (κ1) is 14.0. The van der Waals surface area contributed by atoms with Crippen molar-refractivity contribution in [3.8, 4) is 0 Å². The molecule has 3 rings (SSSR count). The lowest BCUT2D eigenvalue weighted by atomic mass is 10.1. The number of amides is 1. The van der Waals surface area contributed by atoms with Crippen LogP contribution in [0.5, 0.6) is 0 Å². The molecule has 1 aliphatic rings. The molecule has 0 spiro atoms. The number of aromatic amines is 1. The van der Waals surface area contributed by atoms with Crippen molar-refractivity contribution in [1.29, 1.82) is 0 Å². The predicted octanol–water partition coefficient (Wildman–Crippen LogP) is 1.79. The van der Waals surface area contributed by atoms with Crippen LogP contribution >= 0.6 is 0 Å². The smallest absolute Gasteiger partial charge is 0.225 e. The molecule has 1 heterocycles. The van der Waals surface area contributed by atoms with Crippen LogP contribution in [-0.2, 0) is 11.3 Å². The van der Waals surface area contributed by atoms with Crippen LogP contribution in [0.1, 0.15) is 25.1 Å². The van der Waals surface area contributed by atoms with Gasteiger partial charge in [-0.25, -0.2) is 9.37 Å². The number of nitrogens with one attached hydrogen (secondary N) is 1. The summed E-state index contributed by atoms with van der Waals surface area (Å²) in [6.45, 7) is 0.390. The second-order valence-corrected chi connectivity index (χ2v) is 5.81. The lowest BCUT2D eigenvalue weighted by molar-refractivity contribution is -0.134. The molecule has 1 aliphatic carbocycles. The zero-order chi connectivity index (χ0) is 15.0. The fourth-order valence-corrected chi connectivity index (χ4v) is 2.96. The molecule has 0 aliphatic heterocycles. The van der Waals surface area contributed by atoms with Crippen molar-refractivity contribution in [2.45, 2.75) is 31.8 Å². The van der Waals surface area contributed by atoms with E-state index in [4.69, 9.17) is 5.73 Å². The Labute approximate surface area is 122 Å². The summed E-state index contributed by atoms with van der Waals surface area (Å²) < 4.78 is 13.2. The van der Waals surface area contributed by atoms with Crippen molar-refractivity contribution in [3.05, 3.63) is 29.8 Å². The Morgan fingerprint density at radius 2 is 2.33 bits per heavy atom. The Balaban J connectivity index is 1.70. The maximum absolute atomic E-state index is 13.2. The first-order chi connectivity index (χ1) is 10.0. The number of fused-ring (bicyclic) bond motifs is 1. The molecule has 3 N–H and O–H groups in total. The van der Waals surface area contributed by atoms with E-state index in [9.17, 15) is 9.18 Å². The van der Waals surface area contributed by atoms with Gasteiger partial charge < -0.3 is 15.6 Å². The first-order valence-electron chi connectivity index (χ1n) is 7.17. The molecule has 0 bridgehead atoms. The van der Waals surface area contributed by atoms with Gasteiger partial charge in [0.1, 0.15) is 11.6 Å². The molecule has 2 aromatic rings. The highest BCUT2D eigenvalue weighted by Gasteiger charge is 2.30. The largest absolute Gasteiger partial charge is 0.340 e. The van der Waals surface area contributed by atoms with Crippen LogP contribution in [0.25, 0.3) is 11.0 Å². The minimum absolute atomic E-state index is 0.0202. The van der Waals surface area contributed by atoms with Crippen LogP contribution in [0.2, 0.25) is 0 Å². The SMILES string of the molecule is CN(Cc1nc2ccc(F)cc2[nH]1)C(=O)[C@H]1CC[C@@H](N)C1. The first-order valence-corrected chi connectivity index (χ1v) is 7.17. The number of rotatable bonds is 3. The molecule has 1 fully saturated rings. The molecule has 0 saturated heterocycles. The van der Waals surface area contributed by atoms with Crippen LogP contribution < -0.4 is 5.73 Å². The van der Waals surface area contributed by atoms with Crippen LogP contribution in [0.15, 0.2) is 18.2 Å². The van der Waals surface area contributed by atoms with Crippen LogP contribution in [0.3, 0.4) is 0 Å². The molecular weight excluding hydrogens is 271 g/mol. The van der Waals surface area contributed by atoms with Gasteiger partial charge in [0, 0.05) is 19.0 Å². The summed E-state index contributed by atoms with van der Waals surface area (Å²) in [5, 5.41) is 0. The second kappa shape index (κ2) is 5.44. The molecule has 1 amide bonds. The monoisotopic (exact) mass is 290 g/mol. The topological polar surface area (TPSA) is 75.0 Å². The number of benzene rings is 1. The van der Waals surface area contributed by atoms with Crippen molar-refractivity contribution in [2.24, 2.45) is 11.7 Å². The number of H-pyrrole nitrogens is 1. The summed E-state index contributed by atoms with van der Waals surface area (Å²) >= 11 is 0. The third kappa shape index (κ3) is 2.90. The Bertz CT molecular complexity index is 669. The molecule has 1 aromatic heterocycles. The Morgan fingerprint density at radius 1 is 1.52 bits per heavy atom. The van der Waals surface area contributed by atoms with E-state index in [0.29, 0.717) is 23.4 Å². The van der Waals surface area contributed by atoms with Gasteiger partial charge in [0.25, 0.3) is 0 Å². The van der Waals surface area contributed by atoms with Crippen molar-refractivity contribution >= 4 is 16.9 Å². The molecular formula is C15H19FN4O. The Kier molecular flexibility index (Phi) is 3.63. The lowest BCUT2D eigenvalue weighted by Crippen LogP contribution is -2.32. The van der Waals surface area contributed by atoms with E-state index < -0.39 is 0 Å². The van der Waals surface area contributed by atoms with Gasteiger partial charge in [0.15, 0.2) is 0 Å². The summed E-state index contributed by atoms with van der Waals surface area (Å²) in [6, 6.07) is 4.55. The number of carbonyl (C=O) groups excluding carboxylic acids is 1. The summed E-state index contributed by atoms with van der Waals surface area (Å²) in [6.07, 6.45) is 2.53. The quantitative estimate of drug-likeness (QED) is 0.905. The minimum Gasteiger partial charge on any atom is -0.340 e. The predicted molar refractivity (Wildman–Crippen MR) is 77.8 cm³/mol. The fourth-order valence-electron chi connectivity index (χ4n) is 2.96. The summed E-state index contributed by atoms with van der Waals surface area (Å²) in [5.41, 5.74) is 7.21. The highest BCUT2D eigenvalue weighted by atomic mass is 19.1. The highest BCUT2D eigenvalue weighted by molar-refractivity contribution is 5.79. The number of aromatic nitrogens is 2. The number of imidazole rings is 1. The number of hydrogen-bond donors (Lipinski definition) is 2. The summed E-state index contributed by atoms with van der Waals surface area (Å²) in [4.78, 5) is 21.4. The third-order valence-corrected chi connectivity index (χ3v) is 4.08. The van der Waals surface area contributed by atoms with Gasteiger partial charge in [-0.3, -0.25) is 4.79 Å². The molecule has 112 valence electrons. The number of nitrogens with two attached hydrogens (primary N) is 1. The maximum Gasteiger partial charge on any atom is 0.225 e. The number of hydrogen-bond acceptors (Lipinski definition) is 3. The van der Waals surface area contributed by atoms with E-state index in [0.717, 1.165) is 19.3 Å². The molecule has 0 unspecified atom stereocenters. The van der Waals surface area contributed by atoms with Gasteiger partial charge in [-0.2, -0.15) is 0 Å². The van der Waals surface area contributed by atoms with E-state index in [2.05, 4.69) is 9.97 Å². The van der Waals surface area contributed by atoms with Crippen molar-refractivity contribution < 1.29 is 9.18 Å². The fraction of sp³-hybridized carbons (Fsp3) is 0.467. The standard InChI is InChI=1S/C15H19FN4O/c1-20(15(21)9-2-4-11(17)6-9)8-14-18-12-5-3-10(16)7-13(12)19-14/h3,5,7,9,11H,2,4,6,8,17H2,1H3,(H,18,19)/t9-,11+/m0/s1. The average Bonchev–Trinajstić information content (AvgIpc) is 3.03. The molecule has 1 aromatic carbocycles. The van der Waals surface area contributed by atoms with Crippen LogP contribution in [-0.4, -0.2) is 33.9 Å². The maximum atomic E-state index is 13.2. The van der Waals surface area contributed by atoms with Gasteiger partial charge in [-0.15, -0.1) is 0 Å². The third-order valence-electron chi connectivity index (χ3n) is 4.08. The molecule has 6 heteroatoms. The zero-order valence-electron chi connectivity index (χ0n) is 12.0. The van der Waals surface area contributed by atoms with E-state index in [1.165, 1.54) is 12.1 Å². The average molecular weight is 290 g/mol. The van der Waals surface area contributed by atoms with Gasteiger partial charge >= 0.3 is 0 Å². The number of carbonyl (C=O) groups is 1. The molecule has 0 radical (unpaired) electrons. The van der Waals surface area contributed by atoms with E-state index in [1.54, 1.807) is 18.0 Å². The molecule has 21 heavy (non-hydrogen) atoms. The van der Waals surface area contributed by atoms with Crippen molar-refractivity contribution in [2.75, 3.05) is 7.05 Å². The van der Waals surface area contributed by atoms with E-state index >= 15 is 0 Å². The molecule has 1 saturated carbocycles. The normalized spacial score (nSPS) is 21.9. The van der Waals surface area contributed by atoms with Gasteiger partial charge in [-0.05, 0) is 37.5 Å². The van der Waals surface area contributed by atoms with Crippen LogP contribution in [0, 0.1) is 11.7 Å².